The predicted octanol–water partition coefficient (Wildman–Crippen LogP) is 7.56. The third kappa shape index (κ3) is 9.80. The molecule has 2 aromatic heterocycles. The van der Waals surface area contributed by atoms with Crippen molar-refractivity contribution in [3.05, 3.63) is 83.2 Å². The molecule has 6 heterocycles. The van der Waals surface area contributed by atoms with Crippen molar-refractivity contribution in [2.45, 2.75) is 102 Å². The summed E-state index contributed by atoms with van der Waals surface area (Å²) in [5, 5.41) is 5.30. The van der Waals surface area contributed by atoms with E-state index in [0.717, 1.165) is 75.7 Å². The van der Waals surface area contributed by atoms with Gasteiger partial charge in [0.25, 0.3) is 11.8 Å². The number of nitrogens with zero attached hydrogens (tertiary/aromatic N) is 6. The minimum atomic E-state index is -1.01. The van der Waals surface area contributed by atoms with Crippen LogP contribution in [0.15, 0.2) is 54.9 Å². The van der Waals surface area contributed by atoms with Gasteiger partial charge >= 0.3 is 0 Å². The Hall–Kier alpha value is -6.03. The van der Waals surface area contributed by atoms with Crippen molar-refractivity contribution in [3.8, 4) is 22.8 Å². The average molecular weight is 865 g/mol. The number of benzene rings is 2. The first-order valence-electron chi connectivity index (χ1n) is 22.2. The number of unbranched alkanes of at least 4 members (excludes halogenated alkanes) is 6. The highest BCUT2D eigenvalue weighted by Gasteiger charge is 2.46. The first-order chi connectivity index (χ1) is 30.5. The number of hydrogen-bond donors (Lipinski definition) is 2. The van der Waals surface area contributed by atoms with Gasteiger partial charge < -0.3 is 24.6 Å². The molecule has 2 saturated heterocycles. The van der Waals surface area contributed by atoms with Gasteiger partial charge in [-0.1, -0.05) is 44.2 Å². The normalized spacial score (nSPS) is 18.1. The molecule has 14 nitrogen and oxygen atoms in total. The molecule has 2 N–H and O–H groups in total. The minimum Gasteiger partial charge on any atom is -0.493 e. The van der Waals surface area contributed by atoms with Gasteiger partial charge in [-0.05, 0) is 107 Å². The van der Waals surface area contributed by atoms with Crippen molar-refractivity contribution in [2.24, 2.45) is 0 Å². The molecule has 4 aromatic rings. The number of aromatic nitrogens is 3. The number of amides is 4. The van der Waals surface area contributed by atoms with Gasteiger partial charge in [-0.2, -0.15) is 0 Å². The van der Waals surface area contributed by atoms with Crippen LogP contribution in [0.3, 0.4) is 0 Å². The van der Waals surface area contributed by atoms with E-state index in [4.69, 9.17) is 9.47 Å². The fourth-order valence-electron chi connectivity index (χ4n) is 9.04. The van der Waals surface area contributed by atoms with Crippen molar-refractivity contribution in [2.75, 3.05) is 49.6 Å². The fraction of sp³-hybridized carbons (Fsp3) is 0.468. The van der Waals surface area contributed by atoms with E-state index in [1.807, 2.05) is 31.0 Å². The molecule has 4 amide bonds. The zero-order valence-corrected chi connectivity index (χ0v) is 35.8. The van der Waals surface area contributed by atoms with E-state index in [2.05, 4.69) is 36.6 Å². The molecule has 332 valence electrons. The molecule has 0 bridgehead atoms. The summed E-state index contributed by atoms with van der Waals surface area (Å²) in [4.78, 5) is 69.0. The first-order valence-corrected chi connectivity index (χ1v) is 22.2. The summed E-state index contributed by atoms with van der Waals surface area (Å²) < 4.78 is 41.7. The molecule has 0 radical (unpaired) electrons. The minimum absolute atomic E-state index is 0.0103. The molecule has 0 aliphatic carbocycles. The molecule has 0 saturated carbocycles. The lowest BCUT2D eigenvalue weighted by Crippen LogP contribution is -2.54. The van der Waals surface area contributed by atoms with Crippen LogP contribution in [0.1, 0.15) is 117 Å². The number of halogens is 2. The van der Waals surface area contributed by atoms with Crippen LogP contribution in [0.25, 0.3) is 11.3 Å². The standard InChI is InChI=1S/C47H54F2N8O6/c1-29(2)56-22-24-63-43-34(48)25-32(26-37(43)56)42-35(49)28-51-47(54-42)52-39-15-13-31(27-50-39)30-17-20-55(21-18-30)19-8-6-4-3-5-7-9-23-62-38-12-10-11-33-41(38)46(61)57(45(33)60)36-14-16-40(58)53-44(36)59/h10-13,15,25-30,36H,3-9,14,16-24H2,1-2H3,(H,53,58,59)(H,50,51,52,54). The van der Waals surface area contributed by atoms with E-state index < -0.39 is 41.3 Å². The third-order valence-electron chi connectivity index (χ3n) is 12.4. The molecule has 4 aliphatic heterocycles. The maximum atomic E-state index is 15.1. The largest absolute Gasteiger partial charge is 0.493 e. The Labute approximate surface area is 365 Å². The number of piperidine rings is 2. The maximum absolute atomic E-state index is 15.1. The lowest BCUT2D eigenvalue weighted by molar-refractivity contribution is -0.136. The van der Waals surface area contributed by atoms with Gasteiger partial charge in [0.1, 0.15) is 29.9 Å². The summed E-state index contributed by atoms with van der Waals surface area (Å²) in [6.45, 7) is 8.62. The van der Waals surface area contributed by atoms with Crippen molar-refractivity contribution >= 4 is 41.1 Å². The summed E-state index contributed by atoms with van der Waals surface area (Å²) in [6.07, 6.45) is 12.8. The Morgan fingerprint density at radius 1 is 0.873 bits per heavy atom. The van der Waals surface area contributed by atoms with Gasteiger partial charge in [-0.15, -0.1) is 0 Å². The molecular weight excluding hydrogens is 811 g/mol. The predicted molar refractivity (Wildman–Crippen MR) is 232 cm³/mol. The van der Waals surface area contributed by atoms with Crippen LogP contribution in [0.5, 0.6) is 11.5 Å². The lowest BCUT2D eigenvalue weighted by atomic mass is 9.90. The molecular formula is C47H54F2N8O6. The number of fused-ring (bicyclic) bond motifs is 2. The van der Waals surface area contributed by atoms with Gasteiger partial charge in [0.15, 0.2) is 17.4 Å². The smallest absolute Gasteiger partial charge is 0.266 e. The molecule has 4 aliphatic rings. The number of hydrogen-bond acceptors (Lipinski definition) is 12. The van der Waals surface area contributed by atoms with E-state index in [9.17, 15) is 19.2 Å². The Bertz CT molecular complexity index is 2340. The number of rotatable bonds is 17. The monoisotopic (exact) mass is 864 g/mol. The van der Waals surface area contributed by atoms with Gasteiger partial charge in [0.05, 0.1) is 36.2 Å². The van der Waals surface area contributed by atoms with Gasteiger partial charge in [-0.3, -0.25) is 29.4 Å². The summed E-state index contributed by atoms with van der Waals surface area (Å²) in [5.41, 5.74) is 2.45. The van der Waals surface area contributed by atoms with Gasteiger partial charge in [-0.25, -0.2) is 23.7 Å². The number of anilines is 3. The number of carbonyl (C=O) groups excluding carboxylic acids is 4. The highest BCUT2D eigenvalue weighted by atomic mass is 19.1. The van der Waals surface area contributed by atoms with E-state index in [1.54, 1.807) is 24.3 Å². The maximum Gasteiger partial charge on any atom is 0.266 e. The number of ether oxygens (including phenoxy) is 2. The number of imide groups is 2. The van der Waals surface area contributed by atoms with Crippen molar-refractivity contribution in [1.29, 1.82) is 0 Å². The number of pyridine rings is 1. The highest BCUT2D eigenvalue weighted by Crippen LogP contribution is 2.40. The van der Waals surface area contributed by atoms with Crippen LogP contribution in [0.4, 0.5) is 26.2 Å². The van der Waals surface area contributed by atoms with Crippen molar-refractivity contribution in [1.82, 2.24) is 30.1 Å². The van der Waals surface area contributed by atoms with Crippen LogP contribution >= 0.6 is 0 Å². The molecule has 8 rings (SSSR count). The summed E-state index contributed by atoms with van der Waals surface area (Å²) in [5.74, 6) is -1.72. The second kappa shape index (κ2) is 19.6. The summed E-state index contributed by atoms with van der Waals surface area (Å²) in [7, 11) is 0. The molecule has 2 fully saturated rings. The number of carbonyl (C=O) groups is 4. The van der Waals surface area contributed by atoms with Crippen molar-refractivity contribution < 1.29 is 37.4 Å². The Kier molecular flexibility index (Phi) is 13.5. The molecule has 2 aromatic carbocycles. The Morgan fingerprint density at radius 2 is 1.65 bits per heavy atom. The second-order valence-electron chi connectivity index (χ2n) is 17.0. The second-order valence-corrected chi connectivity index (χ2v) is 17.0. The van der Waals surface area contributed by atoms with Crippen LogP contribution in [-0.2, 0) is 9.59 Å². The van der Waals surface area contributed by atoms with Crippen molar-refractivity contribution in [3.63, 3.8) is 0 Å². The third-order valence-corrected chi connectivity index (χ3v) is 12.4. The Morgan fingerprint density at radius 3 is 2.40 bits per heavy atom. The van der Waals surface area contributed by atoms with E-state index in [-0.39, 0.29) is 47.4 Å². The fourth-order valence-corrected chi connectivity index (χ4v) is 9.04. The van der Waals surface area contributed by atoms with Gasteiger partial charge in [0.2, 0.25) is 17.8 Å². The van der Waals surface area contributed by atoms with Crippen LogP contribution in [0, 0.1) is 11.6 Å². The molecule has 1 atom stereocenters. The first kappa shape index (κ1) is 43.6. The molecule has 1 unspecified atom stereocenters. The van der Waals surface area contributed by atoms with E-state index in [0.29, 0.717) is 48.5 Å². The zero-order valence-electron chi connectivity index (χ0n) is 35.8. The molecule has 63 heavy (non-hydrogen) atoms. The zero-order chi connectivity index (χ0) is 44.0. The number of likely N-dealkylation sites (tertiary alicyclic amines) is 1. The molecule has 0 spiro atoms. The molecule has 16 heteroatoms. The van der Waals surface area contributed by atoms with E-state index in [1.165, 1.54) is 24.5 Å². The highest BCUT2D eigenvalue weighted by molar-refractivity contribution is 6.24. The lowest BCUT2D eigenvalue weighted by Gasteiger charge is -2.34. The van der Waals surface area contributed by atoms with Gasteiger partial charge in [0, 0.05) is 24.2 Å². The Balaban J connectivity index is 0.714. The quantitative estimate of drug-likeness (QED) is 0.0794. The average Bonchev–Trinajstić information content (AvgIpc) is 3.53. The SMILES string of the molecule is CC(C)N1CCOc2c(F)cc(-c3nc(Nc4ccc(C5CCN(CCCCCCCCCOc6cccc7c6C(=O)N(C6CCC(=O)NC6=O)C7=O)CC5)cn4)ncc3F)cc21. The van der Waals surface area contributed by atoms with Crippen LogP contribution in [-0.4, -0.2) is 99.9 Å². The summed E-state index contributed by atoms with van der Waals surface area (Å²) >= 11 is 0. The van der Waals surface area contributed by atoms with E-state index >= 15 is 8.78 Å². The van der Waals surface area contributed by atoms with Crippen LogP contribution in [0.2, 0.25) is 0 Å². The summed E-state index contributed by atoms with van der Waals surface area (Å²) in [6, 6.07) is 10.9. The van der Waals surface area contributed by atoms with Crippen LogP contribution < -0.4 is 25.0 Å². The topological polar surface area (TPSA) is 159 Å². The number of nitrogens with one attached hydrogen (secondary N) is 2.